The van der Waals surface area contributed by atoms with Crippen molar-refractivity contribution in [1.29, 1.82) is 0 Å². The van der Waals surface area contributed by atoms with Crippen molar-refractivity contribution in [2.24, 2.45) is 0 Å². The Balaban J connectivity index is 1.99. The van der Waals surface area contributed by atoms with Gasteiger partial charge in [0.1, 0.15) is 0 Å². The van der Waals surface area contributed by atoms with E-state index in [1.165, 1.54) is 4.88 Å². The van der Waals surface area contributed by atoms with E-state index < -0.39 is 9.84 Å². The zero-order valence-electron chi connectivity index (χ0n) is 13.1. The molecule has 0 bridgehead atoms. The highest BCUT2D eigenvalue weighted by atomic mass is 32.2. The van der Waals surface area contributed by atoms with E-state index in [0.29, 0.717) is 6.54 Å². The summed E-state index contributed by atoms with van der Waals surface area (Å²) in [5.41, 5.74) is 0. The van der Waals surface area contributed by atoms with E-state index in [4.69, 9.17) is 0 Å². The molecule has 0 aromatic carbocycles. The first-order chi connectivity index (χ1) is 9.96. The van der Waals surface area contributed by atoms with Crippen LogP contribution in [0, 0.1) is 0 Å². The Morgan fingerprint density at radius 3 is 2.76 bits per heavy atom. The number of thiazole rings is 1. The molecular weight excluding hydrogens is 306 g/mol. The summed E-state index contributed by atoms with van der Waals surface area (Å²) in [5, 5.41) is 0.848. The summed E-state index contributed by atoms with van der Waals surface area (Å²) in [6.07, 6.45) is 2.66. The van der Waals surface area contributed by atoms with E-state index >= 15 is 0 Å². The van der Waals surface area contributed by atoms with Crippen LogP contribution in [0.2, 0.25) is 0 Å². The Kier molecular flexibility index (Phi) is 5.62. The second-order valence-corrected chi connectivity index (χ2v) is 9.16. The molecule has 1 atom stereocenters. The molecule has 1 unspecified atom stereocenters. The number of rotatable bonds is 5. The largest absolute Gasteiger partial charge is 0.349 e. The van der Waals surface area contributed by atoms with Gasteiger partial charge in [0.15, 0.2) is 15.0 Å². The first-order valence-corrected chi connectivity index (χ1v) is 10.1. The van der Waals surface area contributed by atoms with Crippen LogP contribution in [0.25, 0.3) is 0 Å². The summed E-state index contributed by atoms with van der Waals surface area (Å²) in [6.45, 7) is 10.3. The lowest BCUT2D eigenvalue weighted by molar-refractivity contribution is 0.286. The fourth-order valence-corrected chi connectivity index (χ4v) is 4.96. The van der Waals surface area contributed by atoms with Gasteiger partial charge in [0.25, 0.3) is 0 Å². The van der Waals surface area contributed by atoms with Crippen LogP contribution in [0.3, 0.4) is 0 Å². The summed E-state index contributed by atoms with van der Waals surface area (Å²) in [4.78, 5) is 10.2. The van der Waals surface area contributed by atoms with E-state index in [1.807, 2.05) is 13.1 Å². The van der Waals surface area contributed by atoms with Gasteiger partial charge in [0.2, 0.25) is 0 Å². The molecule has 1 saturated heterocycles. The van der Waals surface area contributed by atoms with Gasteiger partial charge < -0.3 is 4.90 Å². The predicted molar refractivity (Wildman–Crippen MR) is 88.8 cm³/mol. The molecule has 0 saturated carbocycles. The van der Waals surface area contributed by atoms with Crippen LogP contribution in [-0.4, -0.2) is 55.5 Å². The van der Waals surface area contributed by atoms with Gasteiger partial charge in [-0.2, -0.15) is 0 Å². The topological polar surface area (TPSA) is 53.5 Å². The van der Waals surface area contributed by atoms with E-state index in [-0.39, 0.29) is 11.0 Å². The molecule has 1 fully saturated rings. The SMILES string of the molecule is CCN(CC)c1ncc(CN2CCC(C)S(=O)(=O)CC2)s1. The van der Waals surface area contributed by atoms with Crippen molar-refractivity contribution in [2.75, 3.05) is 36.8 Å². The standard InChI is InChI=1S/C14H25N3O2S2/c1-4-17(5-2)14-15-10-13(20-14)11-16-7-6-12(3)21(18,19)9-8-16/h10,12H,4-9,11H2,1-3H3. The number of sulfone groups is 1. The van der Waals surface area contributed by atoms with Gasteiger partial charge in [-0.1, -0.05) is 0 Å². The van der Waals surface area contributed by atoms with Crippen molar-refractivity contribution in [3.63, 3.8) is 0 Å². The molecule has 1 aliphatic rings. The first kappa shape index (κ1) is 16.7. The Morgan fingerprint density at radius 1 is 1.38 bits per heavy atom. The second-order valence-electron chi connectivity index (χ2n) is 5.52. The van der Waals surface area contributed by atoms with Crippen LogP contribution < -0.4 is 4.90 Å². The summed E-state index contributed by atoms with van der Waals surface area (Å²) in [5.74, 6) is 0.274. The average molecular weight is 332 g/mol. The van der Waals surface area contributed by atoms with Crippen LogP contribution in [0.4, 0.5) is 5.13 Å². The zero-order chi connectivity index (χ0) is 15.5. The maximum Gasteiger partial charge on any atom is 0.185 e. The lowest BCUT2D eigenvalue weighted by atomic mass is 10.3. The molecule has 21 heavy (non-hydrogen) atoms. The predicted octanol–water partition coefficient (Wildman–Crippen LogP) is 2.00. The molecule has 1 aromatic heterocycles. The molecule has 2 rings (SSSR count). The molecular formula is C14H25N3O2S2. The smallest absolute Gasteiger partial charge is 0.185 e. The summed E-state index contributed by atoms with van der Waals surface area (Å²) < 4.78 is 23.9. The second kappa shape index (κ2) is 7.07. The lowest BCUT2D eigenvalue weighted by Gasteiger charge is -2.18. The van der Waals surface area contributed by atoms with Crippen LogP contribution in [-0.2, 0) is 16.4 Å². The highest BCUT2D eigenvalue weighted by Crippen LogP contribution is 2.24. The van der Waals surface area contributed by atoms with Crippen molar-refractivity contribution in [3.05, 3.63) is 11.1 Å². The van der Waals surface area contributed by atoms with Gasteiger partial charge in [-0.25, -0.2) is 13.4 Å². The number of hydrogen-bond acceptors (Lipinski definition) is 6. The average Bonchev–Trinajstić information content (AvgIpc) is 2.86. The minimum absolute atomic E-state index is 0.213. The van der Waals surface area contributed by atoms with Gasteiger partial charge in [-0.3, -0.25) is 4.90 Å². The number of anilines is 1. The quantitative estimate of drug-likeness (QED) is 0.826. The van der Waals surface area contributed by atoms with Crippen LogP contribution in [0.5, 0.6) is 0 Å². The molecule has 0 radical (unpaired) electrons. The molecule has 0 amide bonds. The van der Waals surface area contributed by atoms with E-state index in [9.17, 15) is 8.42 Å². The summed E-state index contributed by atoms with van der Waals surface area (Å²) >= 11 is 1.71. The van der Waals surface area contributed by atoms with E-state index in [1.54, 1.807) is 11.3 Å². The molecule has 120 valence electrons. The van der Waals surface area contributed by atoms with Gasteiger partial charge in [-0.05, 0) is 33.7 Å². The Labute approximate surface area is 131 Å². The third-order valence-electron chi connectivity index (χ3n) is 4.11. The maximum atomic E-state index is 11.9. The molecule has 5 nitrogen and oxygen atoms in total. The minimum atomic E-state index is -2.90. The third kappa shape index (κ3) is 4.17. The van der Waals surface area contributed by atoms with Crippen molar-refractivity contribution in [3.8, 4) is 0 Å². The molecule has 0 N–H and O–H groups in total. The first-order valence-electron chi connectivity index (χ1n) is 7.59. The lowest BCUT2D eigenvalue weighted by Crippen LogP contribution is -2.26. The monoisotopic (exact) mass is 331 g/mol. The van der Waals surface area contributed by atoms with Crippen molar-refractivity contribution in [2.45, 2.75) is 39.0 Å². The minimum Gasteiger partial charge on any atom is -0.349 e. The number of nitrogens with zero attached hydrogens (tertiary/aromatic N) is 3. The van der Waals surface area contributed by atoms with Crippen LogP contribution in [0.15, 0.2) is 6.20 Å². The third-order valence-corrected chi connectivity index (χ3v) is 7.37. The fraction of sp³-hybridized carbons (Fsp3) is 0.786. The van der Waals surface area contributed by atoms with Gasteiger partial charge in [0, 0.05) is 37.3 Å². The molecule has 0 aliphatic carbocycles. The molecule has 1 aromatic rings. The highest BCUT2D eigenvalue weighted by molar-refractivity contribution is 7.92. The Bertz CT molecular complexity index is 552. The number of hydrogen-bond donors (Lipinski definition) is 0. The molecule has 0 spiro atoms. The highest BCUT2D eigenvalue weighted by Gasteiger charge is 2.26. The van der Waals surface area contributed by atoms with Crippen LogP contribution >= 0.6 is 11.3 Å². The van der Waals surface area contributed by atoms with Gasteiger partial charge >= 0.3 is 0 Å². The van der Waals surface area contributed by atoms with Crippen molar-refractivity contribution < 1.29 is 8.42 Å². The van der Waals surface area contributed by atoms with E-state index in [2.05, 4.69) is 28.6 Å². The molecule has 7 heteroatoms. The van der Waals surface area contributed by atoms with Crippen molar-refractivity contribution >= 4 is 26.3 Å². The molecule has 2 heterocycles. The van der Waals surface area contributed by atoms with Crippen molar-refractivity contribution in [1.82, 2.24) is 9.88 Å². The summed E-state index contributed by atoms with van der Waals surface area (Å²) in [6, 6.07) is 0. The zero-order valence-corrected chi connectivity index (χ0v) is 14.7. The fourth-order valence-electron chi connectivity index (χ4n) is 2.50. The van der Waals surface area contributed by atoms with Crippen LogP contribution in [0.1, 0.15) is 32.1 Å². The van der Waals surface area contributed by atoms with E-state index in [0.717, 1.165) is 37.7 Å². The Morgan fingerprint density at radius 2 is 2.10 bits per heavy atom. The maximum absolute atomic E-state index is 11.9. The summed E-state index contributed by atoms with van der Waals surface area (Å²) in [7, 11) is -2.90. The van der Waals surface area contributed by atoms with Gasteiger partial charge in [-0.15, -0.1) is 11.3 Å². The Hall–Kier alpha value is -0.660. The normalized spacial score (nSPS) is 22.9. The molecule has 1 aliphatic heterocycles. The number of aromatic nitrogens is 1. The van der Waals surface area contributed by atoms with Gasteiger partial charge in [0.05, 0.1) is 11.0 Å².